The first kappa shape index (κ1) is 16.3. The molecule has 0 amide bonds. The van der Waals surface area contributed by atoms with E-state index in [9.17, 15) is 9.46 Å². The normalized spacial score (nSPS) is 20.3. The summed E-state index contributed by atoms with van der Waals surface area (Å²) < 4.78 is 20.6. The summed E-state index contributed by atoms with van der Waals surface area (Å²) in [6, 6.07) is 0. The van der Waals surface area contributed by atoms with Crippen molar-refractivity contribution in [3.8, 4) is 0 Å². The number of rotatable bonds is 6. The molecule has 1 N–H and O–H groups in total. The van der Waals surface area contributed by atoms with Crippen LogP contribution in [-0.4, -0.2) is 26.8 Å². The first-order valence-corrected chi connectivity index (χ1v) is 7.15. The Kier molecular flexibility index (Phi) is 7.46. The molecule has 9 heteroatoms. The third kappa shape index (κ3) is 7.24. The van der Waals surface area contributed by atoms with Gasteiger partial charge in [0.05, 0.1) is 12.2 Å². The second-order valence-electron chi connectivity index (χ2n) is 2.76. The van der Waals surface area contributed by atoms with Crippen LogP contribution in [0, 0.1) is 0 Å². The molecular weight excluding hydrogens is 309 g/mol. The van der Waals surface area contributed by atoms with Gasteiger partial charge in [0, 0.05) is 0 Å². The van der Waals surface area contributed by atoms with Crippen molar-refractivity contribution >= 4 is 54.2 Å². The van der Waals surface area contributed by atoms with Gasteiger partial charge in [0.25, 0.3) is 0 Å². The smallest absolute Gasteiger partial charge is 0.302 e. The van der Waals surface area contributed by atoms with Crippen LogP contribution in [0.2, 0.25) is 0 Å². The van der Waals surface area contributed by atoms with E-state index >= 15 is 0 Å². The zero-order valence-corrected chi connectivity index (χ0v) is 11.9. The lowest BCUT2D eigenvalue weighted by Gasteiger charge is -2.21. The van der Waals surface area contributed by atoms with E-state index in [1.54, 1.807) is 0 Å². The van der Waals surface area contributed by atoms with Gasteiger partial charge in [-0.15, -0.1) is 46.4 Å². The number of halogens is 4. The largest absolute Gasteiger partial charge is 0.472 e. The minimum Gasteiger partial charge on any atom is -0.302 e. The summed E-state index contributed by atoms with van der Waals surface area (Å²) in [5.41, 5.74) is 0. The quantitative estimate of drug-likeness (QED) is 0.601. The molecule has 0 aliphatic carbocycles. The van der Waals surface area contributed by atoms with Gasteiger partial charge in [0.1, 0.15) is 9.67 Å². The summed E-state index contributed by atoms with van der Waals surface area (Å²) in [7, 11) is -4.25. The Morgan fingerprint density at radius 1 is 1.00 bits per heavy atom. The highest BCUT2D eigenvalue weighted by molar-refractivity contribution is 7.47. The van der Waals surface area contributed by atoms with E-state index in [-0.39, 0.29) is 0 Å². The van der Waals surface area contributed by atoms with Crippen molar-refractivity contribution in [3.63, 3.8) is 0 Å². The molecular formula is C6H11Cl4O4P. The molecule has 4 nitrogen and oxygen atoms in total. The highest BCUT2D eigenvalue weighted by Gasteiger charge is 2.31. The van der Waals surface area contributed by atoms with E-state index in [2.05, 4.69) is 9.05 Å². The Labute approximate surface area is 108 Å². The Balaban J connectivity index is 4.25. The van der Waals surface area contributed by atoms with Crippen molar-refractivity contribution in [2.75, 3.05) is 0 Å². The first-order valence-electron chi connectivity index (χ1n) is 3.91. The molecule has 0 heterocycles. The van der Waals surface area contributed by atoms with Gasteiger partial charge in [-0.1, -0.05) is 0 Å². The predicted molar refractivity (Wildman–Crippen MR) is 61.9 cm³/mol. The molecule has 15 heavy (non-hydrogen) atoms. The van der Waals surface area contributed by atoms with Crippen LogP contribution in [-0.2, 0) is 13.6 Å². The molecule has 2 unspecified atom stereocenters. The highest BCUT2D eigenvalue weighted by Crippen LogP contribution is 2.47. The van der Waals surface area contributed by atoms with E-state index < -0.39 is 29.7 Å². The zero-order valence-electron chi connectivity index (χ0n) is 7.94. The van der Waals surface area contributed by atoms with Gasteiger partial charge in [-0.25, -0.2) is 4.57 Å². The molecule has 92 valence electrons. The van der Waals surface area contributed by atoms with Gasteiger partial charge in [-0.2, -0.15) is 0 Å². The summed E-state index contributed by atoms with van der Waals surface area (Å²) in [5.74, 6) is 0. The zero-order chi connectivity index (χ0) is 12.2. The van der Waals surface area contributed by atoms with Gasteiger partial charge >= 0.3 is 7.82 Å². The standard InChI is InChI=1S/C6H11Cl4O4P/c1-3(5(7)8)13-15(11,12)14-4(2)6(9)10/h3-6H,1-2H3,(H,11,12). The van der Waals surface area contributed by atoms with Crippen molar-refractivity contribution in [2.45, 2.75) is 35.7 Å². The topological polar surface area (TPSA) is 55.8 Å². The maximum Gasteiger partial charge on any atom is 0.472 e. The fraction of sp³-hybridized carbons (Fsp3) is 1.00. The molecule has 0 aromatic heterocycles. The fourth-order valence-corrected chi connectivity index (χ4v) is 2.16. The Morgan fingerprint density at radius 3 is 1.47 bits per heavy atom. The van der Waals surface area contributed by atoms with Crippen molar-refractivity contribution in [1.82, 2.24) is 0 Å². The molecule has 0 aromatic rings. The third-order valence-electron chi connectivity index (χ3n) is 1.31. The van der Waals surface area contributed by atoms with Crippen molar-refractivity contribution < 1.29 is 18.5 Å². The molecule has 0 bridgehead atoms. The maximum absolute atomic E-state index is 11.3. The number of phosphoric ester groups is 1. The van der Waals surface area contributed by atoms with E-state index in [0.29, 0.717) is 0 Å². The Bertz CT molecular complexity index is 217. The van der Waals surface area contributed by atoms with Gasteiger partial charge in [0.2, 0.25) is 0 Å². The predicted octanol–water partition coefficient (Wildman–Crippen LogP) is 3.50. The number of phosphoric acid groups is 1. The Hall–Kier alpha value is 1.27. The van der Waals surface area contributed by atoms with Crippen LogP contribution in [0.1, 0.15) is 13.8 Å². The molecule has 0 spiro atoms. The van der Waals surface area contributed by atoms with Crippen LogP contribution in [0.5, 0.6) is 0 Å². The van der Waals surface area contributed by atoms with Crippen LogP contribution in [0.4, 0.5) is 0 Å². The summed E-state index contributed by atoms with van der Waals surface area (Å²) in [4.78, 5) is 7.35. The first-order chi connectivity index (χ1) is 6.65. The lowest BCUT2D eigenvalue weighted by molar-refractivity contribution is 0.0946. The fourth-order valence-electron chi connectivity index (χ4n) is 0.537. The average molecular weight is 320 g/mol. The lowest BCUT2D eigenvalue weighted by atomic mass is 10.5. The number of hydrogen-bond acceptors (Lipinski definition) is 3. The minimum atomic E-state index is -4.25. The van der Waals surface area contributed by atoms with Gasteiger partial charge in [-0.3, -0.25) is 9.05 Å². The SMILES string of the molecule is CC(OP(=O)(O)OC(C)C(Cl)Cl)C(Cl)Cl. The molecule has 0 aliphatic rings. The molecule has 0 radical (unpaired) electrons. The molecule has 0 fully saturated rings. The van der Waals surface area contributed by atoms with Crippen molar-refractivity contribution in [3.05, 3.63) is 0 Å². The summed E-state index contributed by atoms with van der Waals surface area (Å²) >= 11 is 21.7. The van der Waals surface area contributed by atoms with E-state index in [1.165, 1.54) is 13.8 Å². The van der Waals surface area contributed by atoms with Gasteiger partial charge in [-0.05, 0) is 13.8 Å². The van der Waals surface area contributed by atoms with E-state index in [0.717, 1.165) is 0 Å². The van der Waals surface area contributed by atoms with E-state index in [1.807, 2.05) is 0 Å². The highest BCUT2D eigenvalue weighted by atomic mass is 35.5. The summed E-state index contributed by atoms with van der Waals surface area (Å²) in [5, 5.41) is 0. The second-order valence-corrected chi connectivity index (χ2v) is 6.44. The monoisotopic (exact) mass is 318 g/mol. The van der Waals surface area contributed by atoms with E-state index in [4.69, 9.17) is 46.4 Å². The summed E-state index contributed by atoms with van der Waals surface area (Å²) in [6.07, 6.45) is -1.69. The molecule has 0 saturated heterocycles. The number of hydrogen-bond donors (Lipinski definition) is 1. The van der Waals surface area contributed by atoms with Crippen LogP contribution in [0.3, 0.4) is 0 Å². The van der Waals surface area contributed by atoms with Crippen LogP contribution < -0.4 is 0 Å². The molecule has 0 saturated carbocycles. The van der Waals surface area contributed by atoms with Gasteiger partial charge < -0.3 is 4.89 Å². The third-order valence-corrected chi connectivity index (χ3v) is 3.93. The maximum atomic E-state index is 11.3. The van der Waals surface area contributed by atoms with Crippen LogP contribution >= 0.6 is 54.2 Å². The van der Waals surface area contributed by atoms with Crippen LogP contribution in [0.15, 0.2) is 0 Å². The molecule has 2 atom stereocenters. The average Bonchev–Trinajstić information content (AvgIpc) is 2.01. The van der Waals surface area contributed by atoms with Gasteiger partial charge in [0.15, 0.2) is 0 Å². The minimum absolute atomic E-state index is 0.847. The lowest BCUT2D eigenvalue weighted by Crippen LogP contribution is -2.20. The Morgan fingerprint density at radius 2 is 1.27 bits per heavy atom. The van der Waals surface area contributed by atoms with Crippen molar-refractivity contribution in [1.29, 1.82) is 0 Å². The van der Waals surface area contributed by atoms with Crippen molar-refractivity contribution in [2.24, 2.45) is 0 Å². The molecule has 0 rings (SSSR count). The molecule has 0 aliphatic heterocycles. The summed E-state index contributed by atoms with van der Waals surface area (Å²) in [6.45, 7) is 2.86. The number of alkyl halides is 4. The molecule has 0 aromatic carbocycles. The van der Waals surface area contributed by atoms with Crippen LogP contribution in [0.25, 0.3) is 0 Å². The second kappa shape index (κ2) is 6.87.